The summed E-state index contributed by atoms with van der Waals surface area (Å²) in [4.78, 5) is 0. The van der Waals surface area contributed by atoms with Crippen LogP contribution in [0.15, 0.2) is 16.6 Å². The van der Waals surface area contributed by atoms with E-state index in [1.54, 1.807) is 0 Å². The maximum Gasteiger partial charge on any atom is 0.141 e. The summed E-state index contributed by atoms with van der Waals surface area (Å²) in [5.41, 5.74) is 5.09. The molecular formula is C7H5BrF2N2. The Morgan fingerprint density at radius 3 is 2.50 bits per heavy atom. The zero-order valence-electron chi connectivity index (χ0n) is 5.87. The fraction of sp³-hybridized carbons (Fsp3) is 0. The standard InChI is InChI=1S/C7H5BrF2N2/c8-6-4(7(11)12)1-3(9)2-5(6)10/h1-2H,(H3,11,12). The Bertz CT molecular complexity index is 338. The molecule has 0 saturated carbocycles. The van der Waals surface area contributed by atoms with Gasteiger partial charge < -0.3 is 5.73 Å². The Morgan fingerprint density at radius 1 is 1.42 bits per heavy atom. The highest BCUT2D eigenvalue weighted by molar-refractivity contribution is 9.10. The molecule has 0 aromatic heterocycles. The van der Waals surface area contributed by atoms with Crippen molar-refractivity contribution >= 4 is 21.8 Å². The normalized spacial score (nSPS) is 9.92. The van der Waals surface area contributed by atoms with Crippen molar-refractivity contribution in [2.24, 2.45) is 5.73 Å². The summed E-state index contributed by atoms with van der Waals surface area (Å²) in [5, 5.41) is 6.98. The van der Waals surface area contributed by atoms with Crippen LogP contribution in [0.3, 0.4) is 0 Å². The molecule has 1 aromatic carbocycles. The number of nitrogens with two attached hydrogens (primary N) is 1. The summed E-state index contributed by atoms with van der Waals surface area (Å²) in [6, 6.07) is 1.71. The van der Waals surface area contributed by atoms with E-state index in [0.29, 0.717) is 0 Å². The molecule has 0 fully saturated rings. The van der Waals surface area contributed by atoms with E-state index in [1.165, 1.54) is 0 Å². The topological polar surface area (TPSA) is 49.9 Å². The molecule has 0 aliphatic heterocycles. The first-order valence-corrected chi connectivity index (χ1v) is 3.80. The molecule has 64 valence electrons. The number of nitrogens with one attached hydrogen (secondary N) is 1. The van der Waals surface area contributed by atoms with Gasteiger partial charge in [-0.15, -0.1) is 0 Å². The van der Waals surface area contributed by atoms with Crippen LogP contribution in [0.25, 0.3) is 0 Å². The Labute approximate surface area is 76.0 Å². The van der Waals surface area contributed by atoms with Crippen LogP contribution in [0.4, 0.5) is 8.78 Å². The lowest BCUT2D eigenvalue weighted by atomic mass is 10.2. The van der Waals surface area contributed by atoms with Gasteiger partial charge in [0.25, 0.3) is 0 Å². The molecule has 1 rings (SSSR count). The van der Waals surface area contributed by atoms with Gasteiger partial charge in [-0.25, -0.2) is 8.78 Å². The van der Waals surface area contributed by atoms with Crippen LogP contribution in [0.5, 0.6) is 0 Å². The van der Waals surface area contributed by atoms with E-state index >= 15 is 0 Å². The largest absolute Gasteiger partial charge is 0.384 e. The van der Waals surface area contributed by atoms with Gasteiger partial charge in [-0.2, -0.15) is 0 Å². The number of benzene rings is 1. The molecule has 0 aliphatic rings. The average Bonchev–Trinajstić information content (AvgIpc) is 1.96. The number of nitrogen functional groups attached to an aromatic ring is 1. The summed E-state index contributed by atoms with van der Waals surface area (Å²) in [6.45, 7) is 0. The fourth-order valence-electron chi connectivity index (χ4n) is 0.752. The van der Waals surface area contributed by atoms with Crippen LogP contribution >= 0.6 is 15.9 Å². The van der Waals surface area contributed by atoms with Crippen molar-refractivity contribution in [1.82, 2.24) is 0 Å². The minimum Gasteiger partial charge on any atom is -0.384 e. The van der Waals surface area contributed by atoms with Crippen LogP contribution in [-0.2, 0) is 0 Å². The van der Waals surface area contributed by atoms with Gasteiger partial charge in [0, 0.05) is 11.6 Å². The van der Waals surface area contributed by atoms with Crippen LogP contribution in [-0.4, -0.2) is 5.84 Å². The van der Waals surface area contributed by atoms with Crippen LogP contribution in [0, 0.1) is 17.0 Å². The Balaban J connectivity index is 3.37. The SMILES string of the molecule is N=C(N)c1cc(F)cc(F)c1Br. The van der Waals surface area contributed by atoms with Crippen molar-refractivity contribution < 1.29 is 8.78 Å². The van der Waals surface area contributed by atoms with Gasteiger partial charge in [0.05, 0.1) is 4.47 Å². The van der Waals surface area contributed by atoms with E-state index in [2.05, 4.69) is 15.9 Å². The summed E-state index contributed by atoms with van der Waals surface area (Å²) >= 11 is 2.85. The molecule has 12 heavy (non-hydrogen) atoms. The molecule has 1 aromatic rings. The highest BCUT2D eigenvalue weighted by atomic mass is 79.9. The maximum absolute atomic E-state index is 12.8. The number of hydrogen-bond acceptors (Lipinski definition) is 1. The second-order valence-corrected chi connectivity index (χ2v) is 2.96. The van der Waals surface area contributed by atoms with Gasteiger partial charge in [-0.3, -0.25) is 5.41 Å². The minimum atomic E-state index is -0.764. The van der Waals surface area contributed by atoms with E-state index in [1.807, 2.05) is 0 Å². The first-order valence-electron chi connectivity index (χ1n) is 3.01. The van der Waals surface area contributed by atoms with Gasteiger partial charge in [-0.05, 0) is 22.0 Å². The van der Waals surface area contributed by atoms with Crippen molar-refractivity contribution in [2.75, 3.05) is 0 Å². The van der Waals surface area contributed by atoms with Crippen LogP contribution in [0.1, 0.15) is 5.56 Å². The number of rotatable bonds is 1. The molecule has 0 amide bonds. The van der Waals surface area contributed by atoms with Crippen LogP contribution in [0.2, 0.25) is 0 Å². The first kappa shape index (κ1) is 9.12. The van der Waals surface area contributed by atoms with Gasteiger partial charge in [0.1, 0.15) is 17.5 Å². The Morgan fingerprint density at radius 2 is 2.00 bits per heavy atom. The van der Waals surface area contributed by atoms with E-state index in [0.717, 1.165) is 12.1 Å². The summed E-state index contributed by atoms with van der Waals surface area (Å²) < 4.78 is 25.3. The number of halogens is 3. The highest BCUT2D eigenvalue weighted by Crippen LogP contribution is 2.21. The molecular weight excluding hydrogens is 230 g/mol. The Kier molecular flexibility index (Phi) is 2.42. The quantitative estimate of drug-likeness (QED) is 0.436. The summed E-state index contributed by atoms with van der Waals surface area (Å²) in [6.07, 6.45) is 0. The molecule has 2 nitrogen and oxygen atoms in total. The molecule has 3 N–H and O–H groups in total. The van der Waals surface area contributed by atoms with E-state index in [-0.39, 0.29) is 15.9 Å². The monoisotopic (exact) mass is 234 g/mol. The molecule has 0 atom stereocenters. The van der Waals surface area contributed by atoms with Gasteiger partial charge in [0.15, 0.2) is 0 Å². The van der Waals surface area contributed by atoms with Crippen molar-refractivity contribution in [3.63, 3.8) is 0 Å². The zero-order valence-corrected chi connectivity index (χ0v) is 7.45. The third kappa shape index (κ3) is 1.61. The smallest absolute Gasteiger partial charge is 0.141 e. The average molecular weight is 235 g/mol. The zero-order chi connectivity index (χ0) is 9.30. The molecule has 0 unspecified atom stereocenters. The van der Waals surface area contributed by atoms with E-state index in [9.17, 15) is 8.78 Å². The molecule has 0 aliphatic carbocycles. The lowest BCUT2D eigenvalue weighted by Crippen LogP contribution is -2.12. The molecule has 0 radical (unpaired) electrons. The van der Waals surface area contributed by atoms with Crippen molar-refractivity contribution in [3.05, 3.63) is 33.8 Å². The fourth-order valence-corrected chi connectivity index (χ4v) is 1.19. The first-order chi connectivity index (χ1) is 5.52. The minimum absolute atomic E-state index is 0.0106. The molecule has 0 bridgehead atoms. The predicted molar refractivity (Wildman–Crippen MR) is 45.1 cm³/mol. The Hall–Kier alpha value is -0.970. The van der Waals surface area contributed by atoms with Gasteiger partial charge in [-0.1, -0.05) is 0 Å². The van der Waals surface area contributed by atoms with Crippen molar-refractivity contribution in [3.8, 4) is 0 Å². The lowest BCUT2D eigenvalue weighted by Gasteiger charge is -2.02. The van der Waals surface area contributed by atoms with E-state index in [4.69, 9.17) is 11.1 Å². The van der Waals surface area contributed by atoms with Crippen molar-refractivity contribution in [2.45, 2.75) is 0 Å². The van der Waals surface area contributed by atoms with Crippen molar-refractivity contribution in [1.29, 1.82) is 5.41 Å². The molecule has 5 heteroatoms. The lowest BCUT2D eigenvalue weighted by molar-refractivity contribution is 0.578. The van der Waals surface area contributed by atoms with Crippen LogP contribution < -0.4 is 5.73 Å². The third-order valence-electron chi connectivity index (χ3n) is 1.28. The summed E-state index contributed by atoms with van der Waals surface area (Å²) in [5.74, 6) is -1.89. The highest BCUT2D eigenvalue weighted by Gasteiger charge is 2.10. The number of amidine groups is 1. The summed E-state index contributed by atoms with van der Waals surface area (Å²) in [7, 11) is 0. The molecule has 0 heterocycles. The molecule has 0 saturated heterocycles. The van der Waals surface area contributed by atoms with E-state index < -0.39 is 11.6 Å². The second-order valence-electron chi connectivity index (χ2n) is 2.16. The van der Waals surface area contributed by atoms with Gasteiger partial charge in [0.2, 0.25) is 0 Å². The predicted octanol–water partition coefficient (Wildman–Crippen LogP) is 2.01. The maximum atomic E-state index is 12.8. The second kappa shape index (κ2) is 3.18. The third-order valence-corrected chi connectivity index (χ3v) is 2.09. The molecule has 0 spiro atoms. The van der Waals surface area contributed by atoms with Gasteiger partial charge >= 0.3 is 0 Å². The number of hydrogen-bond donors (Lipinski definition) is 2.